The van der Waals surface area contributed by atoms with Gasteiger partial charge in [-0.05, 0) is 19.3 Å². The first-order valence-electron chi connectivity index (χ1n) is 7.71. The van der Waals surface area contributed by atoms with Gasteiger partial charge in [-0.1, -0.05) is 31.3 Å². The van der Waals surface area contributed by atoms with E-state index in [4.69, 9.17) is 10.9 Å². The highest BCUT2D eigenvalue weighted by Crippen LogP contribution is 2.24. The zero-order valence-electron chi connectivity index (χ0n) is 12.1. The molecule has 0 aromatic heterocycles. The highest BCUT2D eigenvalue weighted by molar-refractivity contribution is 5.85. The summed E-state index contributed by atoms with van der Waals surface area (Å²) in [6, 6.07) is 0.901. The molecule has 1 atom stereocenters. The largest absolute Gasteiger partial charge is 0.409 e. The van der Waals surface area contributed by atoms with Crippen LogP contribution in [0.5, 0.6) is 0 Å². The Morgan fingerprint density at radius 1 is 1.21 bits per heavy atom. The maximum atomic E-state index is 8.85. The lowest BCUT2D eigenvalue weighted by atomic mass is 9.93. The smallest absolute Gasteiger partial charge is 0.156 e. The molecule has 2 fully saturated rings. The Morgan fingerprint density at radius 2 is 1.84 bits per heavy atom. The number of nitrogens with zero attached hydrogens (tertiary/aromatic N) is 3. The molecule has 1 unspecified atom stereocenters. The molecule has 1 heterocycles. The predicted molar refractivity (Wildman–Crippen MR) is 77.5 cm³/mol. The Bertz CT molecular complexity index is 294. The van der Waals surface area contributed by atoms with Crippen LogP contribution in [0.3, 0.4) is 0 Å². The molecular weight excluding hydrogens is 240 g/mol. The summed E-state index contributed by atoms with van der Waals surface area (Å²) < 4.78 is 0. The van der Waals surface area contributed by atoms with Crippen LogP contribution in [0.1, 0.15) is 45.4 Å². The minimum atomic E-state index is 0.0958. The molecule has 0 spiro atoms. The van der Waals surface area contributed by atoms with Crippen molar-refractivity contribution < 1.29 is 5.21 Å². The van der Waals surface area contributed by atoms with Crippen molar-refractivity contribution in [1.29, 1.82) is 0 Å². The average molecular weight is 268 g/mol. The molecule has 1 aliphatic heterocycles. The van der Waals surface area contributed by atoms with Gasteiger partial charge in [0.2, 0.25) is 0 Å². The Labute approximate surface area is 116 Å². The van der Waals surface area contributed by atoms with E-state index in [-0.39, 0.29) is 6.04 Å². The van der Waals surface area contributed by atoms with E-state index in [0.717, 1.165) is 38.6 Å². The average Bonchev–Trinajstić information content (AvgIpc) is 2.49. The van der Waals surface area contributed by atoms with Crippen molar-refractivity contribution in [3.05, 3.63) is 0 Å². The fourth-order valence-electron chi connectivity index (χ4n) is 3.58. The Hall–Kier alpha value is -0.810. The summed E-state index contributed by atoms with van der Waals surface area (Å²) in [6.07, 6.45) is 7.85. The van der Waals surface area contributed by atoms with Crippen LogP contribution in [0.4, 0.5) is 0 Å². The molecule has 19 heavy (non-hydrogen) atoms. The van der Waals surface area contributed by atoms with E-state index in [9.17, 15) is 0 Å². The molecule has 0 amide bonds. The van der Waals surface area contributed by atoms with Crippen LogP contribution < -0.4 is 5.73 Å². The van der Waals surface area contributed by atoms with E-state index in [0.29, 0.717) is 5.84 Å². The van der Waals surface area contributed by atoms with Crippen LogP contribution >= 0.6 is 0 Å². The van der Waals surface area contributed by atoms with Crippen LogP contribution in [0.25, 0.3) is 0 Å². The van der Waals surface area contributed by atoms with Gasteiger partial charge >= 0.3 is 0 Å². The zero-order valence-corrected chi connectivity index (χ0v) is 12.1. The van der Waals surface area contributed by atoms with E-state index in [1.54, 1.807) is 0 Å². The van der Waals surface area contributed by atoms with Gasteiger partial charge in [-0.2, -0.15) is 0 Å². The van der Waals surface area contributed by atoms with E-state index in [1.165, 1.54) is 32.1 Å². The Kier molecular flexibility index (Phi) is 5.45. The number of hydrogen-bond donors (Lipinski definition) is 2. The summed E-state index contributed by atoms with van der Waals surface area (Å²) in [4.78, 5) is 5.00. The van der Waals surface area contributed by atoms with Crippen LogP contribution in [0, 0.1) is 0 Å². The normalized spacial score (nSPS) is 26.5. The first-order chi connectivity index (χ1) is 9.26. The number of rotatable bonds is 4. The van der Waals surface area contributed by atoms with Gasteiger partial charge in [0.05, 0.1) is 6.04 Å². The van der Waals surface area contributed by atoms with Gasteiger partial charge in [-0.3, -0.25) is 9.80 Å². The standard InChI is InChI=1S/C14H28N4O/c1-2-13(14(15)16-19)18-10-8-17(9-11-18)12-6-4-3-5-7-12/h12-13,19H,2-11H2,1H3,(H2,15,16). The van der Waals surface area contributed by atoms with Gasteiger partial charge in [0.15, 0.2) is 5.84 Å². The first kappa shape index (κ1) is 14.6. The third kappa shape index (κ3) is 3.60. The molecular formula is C14H28N4O. The number of oxime groups is 1. The van der Waals surface area contributed by atoms with E-state index < -0.39 is 0 Å². The third-order valence-corrected chi connectivity index (χ3v) is 4.72. The summed E-state index contributed by atoms with van der Waals surface area (Å²) in [7, 11) is 0. The summed E-state index contributed by atoms with van der Waals surface area (Å²) in [6.45, 7) is 6.41. The maximum Gasteiger partial charge on any atom is 0.156 e. The fraction of sp³-hybridized carbons (Fsp3) is 0.929. The Morgan fingerprint density at radius 3 is 2.37 bits per heavy atom. The van der Waals surface area contributed by atoms with Crippen LogP contribution in [-0.4, -0.2) is 59.1 Å². The lowest BCUT2D eigenvalue weighted by Crippen LogP contribution is -2.56. The minimum absolute atomic E-state index is 0.0958. The van der Waals surface area contributed by atoms with Gasteiger partial charge < -0.3 is 10.9 Å². The summed E-state index contributed by atoms with van der Waals surface area (Å²) in [5.74, 6) is 0.355. The van der Waals surface area contributed by atoms with Gasteiger partial charge in [0, 0.05) is 32.2 Å². The second kappa shape index (κ2) is 7.10. The zero-order chi connectivity index (χ0) is 13.7. The molecule has 0 aromatic rings. The fourth-order valence-corrected chi connectivity index (χ4v) is 3.58. The Balaban J connectivity index is 1.84. The van der Waals surface area contributed by atoms with Crippen molar-refractivity contribution in [2.24, 2.45) is 10.9 Å². The van der Waals surface area contributed by atoms with E-state index in [1.807, 2.05) is 0 Å². The van der Waals surface area contributed by atoms with Crippen molar-refractivity contribution >= 4 is 5.84 Å². The van der Waals surface area contributed by atoms with Gasteiger partial charge in [0.25, 0.3) is 0 Å². The van der Waals surface area contributed by atoms with Crippen LogP contribution in [0.15, 0.2) is 5.16 Å². The second-order valence-corrected chi connectivity index (χ2v) is 5.81. The van der Waals surface area contributed by atoms with Gasteiger partial charge in [-0.15, -0.1) is 0 Å². The monoisotopic (exact) mass is 268 g/mol. The molecule has 2 rings (SSSR count). The molecule has 5 nitrogen and oxygen atoms in total. The molecule has 1 aliphatic carbocycles. The topological polar surface area (TPSA) is 65.1 Å². The number of nitrogens with two attached hydrogens (primary N) is 1. The molecule has 3 N–H and O–H groups in total. The number of piperazine rings is 1. The highest BCUT2D eigenvalue weighted by Gasteiger charge is 2.29. The molecule has 110 valence electrons. The van der Waals surface area contributed by atoms with Crippen molar-refractivity contribution in [2.45, 2.75) is 57.5 Å². The molecule has 0 bridgehead atoms. The molecule has 2 aliphatic rings. The third-order valence-electron chi connectivity index (χ3n) is 4.72. The van der Waals surface area contributed by atoms with Crippen molar-refractivity contribution in [3.8, 4) is 0 Å². The summed E-state index contributed by atoms with van der Waals surface area (Å²) >= 11 is 0. The van der Waals surface area contributed by atoms with Gasteiger partial charge in [0.1, 0.15) is 0 Å². The van der Waals surface area contributed by atoms with Crippen molar-refractivity contribution in [3.63, 3.8) is 0 Å². The number of amidine groups is 1. The first-order valence-corrected chi connectivity index (χ1v) is 7.71. The van der Waals surface area contributed by atoms with Crippen molar-refractivity contribution in [1.82, 2.24) is 9.80 Å². The van der Waals surface area contributed by atoms with Gasteiger partial charge in [-0.25, -0.2) is 0 Å². The van der Waals surface area contributed by atoms with Crippen LogP contribution in [-0.2, 0) is 0 Å². The lowest BCUT2D eigenvalue weighted by molar-refractivity contribution is 0.0683. The quantitative estimate of drug-likeness (QED) is 0.351. The molecule has 0 radical (unpaired) electrons. The van der Waals surface area contributed by atoms with Crippen LogP contribution in [0.2, 0.25) is 0 Å². The molecule has 1 saturated heterocycles. The SMILES string of the molecule is CCC(C(N)=NO)N1CCN(C2CCCCC2)CC1. The lowest BCUT2D eigenvalue weighted by Gasteiger charge is -2.42. The van der Waals surface area contributed by atoms with Crippen molar-refractivity contribution in [2.75, 3.05) is 26.2 Å². The van der Waals surface area contributed by atoms with E-state index in [2.05, 4.69) is 21.9 Å². The molecule has 1 saturated carbocycles. The summed E-state index contributed by atoms with van der Waals surface area (Å²) in [5, 5.41) is 12.0. The maximum absolute atomic E-state index is 8.85. The predicted octanol–water partition coefficient (Wildman–Crippen LogP) is 1.46. The highest BCUT2D eigenvalue weighted by atomic mass is 16.4. The number of hydrogen-bond acceptors (Lipinski definition) is 4. The minimum Gasteiger partial charge on any atom is -0.409 e. The molecule has 0 aromatic carbocycles. The molecule has 5 heteroatoms. The second-order valence-electron chi connectivity index (χ2n) is 5.81. The summed E-state index contributed by atoms with van der Waals surface area (Å²) in [5.41, 5.74) is 5.78. The van der Waals surface area contributed by atoms with E-state index >= 15 is 0 Å².